The number of aryl methyl sites for hydroxylation is 1. The standard InChI is InChI=1S/C26H37N3OS/c1-20(2)24-10-6-11-25(22(24)4)27-26(31)29(19-23-9-5-8-21(3)18-23)13-7-12-28-14-16-30-17-15-28/h5-6,8-11,18,20H,7,12-17,19H2,1-4H3,(H,27,31). The number of hydrogen-bond acceptors (Lipinski definition) is 3. The van der Waals surface area contributed by atoms with Crippen LogP contribution < -0.4 is 5.32 Å². The third-order valence-corrected chi connectivity index (χ3v) is 6.35. The van der Waals surface area contributed by atoms with Crippen LogP contribution in [-0.4, -0.2) is 54.3 Å². The van der Waals surface area contributed by atoms with Crippen LogP contribution >= 0.6 is 12.2 Å². The smallest absolute Gasteiger partial charge is 0.173 e. The monoisotopic (exact) mass is 439 g/mol. The number of benzene rings is 2. The van der Waals surface area contributed by atoms with Gasteiger partial charge in [0, 0.05) is 38.4 Å². The summed E-state index contributed by atoms with van der Waals surface area (Å²) in [6, 6.07) is 15.2. The highest BCUT2D eigenvalue weighted by molar-refractivity contribution is 7.80. The minimum atomic E-state index is 0.493. The first-order valence-corrected chi connectivity index (χ1v) is 11.9. The minimum Gasteiger partial charge on any atom is -0.379 e. The van der Waals surface area contributed by atoms with E-state index in [0.717, 1.165) is 63.2 Å². The van der Waals surface area contributed by atoms with Crippen LogP contribution in [0.5, 0.6) is 0 Å². The Morgan fingerprint density at radius 3 is 2.58 bits per heavy atom. The molecule has 1 N–H and O–H groups in total. The Bertz CT molecular complexity index is 861. The third kappa shape index (κ3) is 7.03. The summed E-state index contributed by atoms with van der Waals surface area (Å²) in [6.07, 6.45) is 1.08. The maximum atomic E-state index is 5.91. The molecule has 1 heterocycles. The van der Waals surface area contributed by atoms with E-state index in [9.17, 15) is 0 Å². The number of thiocarbonyl (C=S) groups is 1. The summed E-state index contributed by atoms with van der Waals surface area (Å²) in [7, 11) is 0. The van der Waals surface area contributed by atoms with Crippen molar-refractivity contribution >= 4 is 23.0 Å². The number of nitrogens with zero attached hydrogens (tertiary/aromatic N) is 2. The first-order valence-electron chi connectivity index (χ1n) is 11.4. The van der Waals surface area contributed by atoms with Gasteiger partial charge in [0.1, 0.15) is 0 Å². The average molecular weight is 440 g/mol. The Labute approximate surface area is 193 Å². The van der Waals surface area contributed by atoms with Crippen LogP contribution in [0.4, 0.5) is 5.69 Å². The number of anilines is 1. The molecule has 2 aromatic carbocycles. The van der Waals surface area contributed by atoms with Crippen molar-refractivity contribution in [2.24, 2.45) is 0 Å². The van der Waals surface area contributed by atoms with Gasteiger partial charge in [-0.3, -0.25) is 4.90 Å². The lowest BCUT2D eigenvalue weighted by Gasteiger charge is -2.30. The molecule has 0 spiro atoms. The van der Waals surface area contributed by atoms with Gasteiger partial charge in [0.15, 0.2) is 5.11 Å². The van der Waals surface area contributed by atoms with Gasteiger partial charge in [-0.1, -0.05) is 55.8 Å². The van der Waals surface area contributed by atoms with Crippen molar-refractivity contribution in [3.63, 3.8) is 0 Å². The largest absolute Gasteiger partial charge is 0.379 e. The number of hydrogen-bond donors (Lipinski definition) is 1. The molecule has 0 atom stereocenters. The van der Waals surface area contributed by atoms with E-state index in [1.807, 2.05) is 0 Å². The summed E-state index contributed by atoms with van der Waals surface area (Å²) in [5.41, 5.74) is 6.33. The molecule has 0 radical (unpaired) electrons. The number of ether oxygens (including phenoxy) is 1. The number of nitrogens with one attached hydrogen (secondary N) is 1. The summed E-state index contributed by atoms with van der Waals surface area (Å²) in [6.45, 7) is 15.4. The van der Waals surface area contributed by atoms with Crippen LogP contribution in [0.2, 0.25) is 0 Å². The van der Waals surface area contributed by atoms with Crippen LogP contribution in [0.3, 0.4) is 0 Å². The summed E-state index contributed by atoms with van der Waals surface area (Å²) >= 11 is 5.91. The average Bonchev–Trinajstić information content (AvgIpc) is 2.75. The van der Waals surface area contributed by atoms with Crippen LogP contribution in [0.15, 0.2) is 42.5 Å². The molecule has 0 aromatic heterocycles. The summed E-state index contributed by atoms with van der Waals surface area (Å²) in [5, 5.41) is 4.35. The van der Waals surface area contributed by atoms with Gasteiger partial charge in [-0.25, -0.2) is 0 Å². The number of morpholine rings is 1. The Kier molecular flexibility index (Phi) is 8.88. The molecule has 4 nitrogen and oxygen atoms in total. The molecular weight excluding hydrogens is 402 g/mol. The molecule has 31 heavy (non-hydrogen) atoms. The lowest BCUT2D eigenvalue weighted by Crippen LogP contribution is -2.40. The van der Waals surface area contributed by atoms with E-state index in [-0.39, 0.29) is 0 Å². The van der Waals surface area contributed by atoms with Crippen LogP contribution in [-0.2, 0) is 11.3 Å². The molecule has 0 amide bonds. The van der Waals surface area contributed by atoms with E-state index in [1.165, 1.54) is 22.3 Å². The second-order valence-electron chi connectivity index (χ2n) is 8.82. The van der Waals surface area contributed by atoms with Crippen molar-refractivity contribution in [2.45, 2.75) is 46.6 Å². The molecule has 1 saturated heterocycles. The quantitative estimate of drug-likeness (QED) is 0.560. The van der Waals surface area contributed by atoms with E-state index in [4.69, 9.17) is 17.0 Å². The SMILES string of the molecule is Cc1cccc(CN(CCCN2CCOCC2)C(=S)Nc2cccc(C(C)C)c2C)c1. The van der Waals surface area contributed by atoms with Crippen LogP contribution in [0.25, 0.3) is 0 Å². The lowest BCUT2D eigenvalue weighted by atomic mass is 9.97. The van der Waals surface area contributed by atoms with E-state index in [1.54, 1.807) is 0 Å². The zero-order valence-electron chi connectivity index (χ0n) is 19.5. The molecule has 3 rings (SSSR count). The van der Waals surface area contributed by atoms with Gasteiger partial charge < -0.3 is 15.0 Å². The highest BCUT2D eigenvalue weighted by Gasteiger charge is 2.15. The van der Waals surface area contributed by atoms with Gasteiger partial charge >= 0.3 is 0 Å². The summed E-state index contributed by atoms with van der Waals surface area (Å²) < 4.78 is 5.48. The first kappa shape index (κ1) is 23.7. The molecule has 1 fully saturated rings. The van der Waals surface area contributed by atoms with Crippen LogP contribution in [0, 0.1) is 13.8 Å². The van der Waals surface area contributed by atoms with Crippen molar-refractivity contribution in [1.29, 1.82) is 0 Å². The van der Waals surface area contributed by atoms with Crippen molar-refractivity contribution in [1.82, 2.24) is 9.80 Å². The Balaban J connectivity index is 1.69. The maximum absolute atomic E-state index is 5.91. The normalized spacial score (nSPS) is 14.6. The van der Waals surface area contributed by atoms with E-state index in [2.05, 4.69) is 85.3 Å². The highest BCUT2D eigenvalue weighted by Crippen LogP contribution is 2.25. The van der Waals surface area contributed by atoms with Gasteiger partial charge in [-0.05, 0) is 61.2 Å². The predicted molar refractivity (Wildman–Crippen MR) is 135 cm³/mol. The molecule has 1 aliphatic heterocycles. The molecule has 0 aliphatic carbocycles. The highest BCUT2D eigenvalue weighted by atomic mass is 32.1. The van der Waals surface area contributed by atoms with Crippen molar-refractivity contribution in [3.05, 3.63) is 64.7 Å². The molecule has 0 bridgehead atoms. The third-order valence-electron chi connectivity index (χ3n) is 5.99. The van der Waals surface area contributed by atoms with Crippen molar-refractivity contribution < 1.29 is 4.74 Å². The van der Waals surface area contributed by atoms with Gasteiger partial charge in [0.2, 0.25) is 0 Å². The van der Waals surface area contributed by atoms with Crippen LogP contribution in [0.1, 0.15) is 48.4 Å². The van der Waals surface area contributed by atoms with E-state index < -0.39 is 0 Å². The molecule has 1 aliphatic rings. The second-order valence-corrected chi connectivity index (χ2v) is 9.21. The fraction of sp³-hybridized carbons (Fsp3) is 0.500. The molecule has 0 unspecified atom stereocenters. The van der Waals surface area contributed by atoms with Gasteiger partial charge in [-0.15, -0.1) is 0 Å². The Hall–Kier alpha value is -1.95. The fourth-order valence-corrected chi connectivity index (χ4v) is 4.47. The number of rotatable bonds is 8. The van der Waals surface area contributed by atoms with E-state index in [0.29, 0.717) is 5.92 Å². The fourth-order valence-electron chi connectivity index (χ4n) is 4.20. The first-order chi connectivity index (χ1) is 14.9. The molecular formula is C26H37N3OS. The molecule has 5 heteroatoms. The van der Waals surface area contributed by atoms with Crippen molar-refractivity contribution in [2.75, 3.05) is 44.7 Å². The zero-order chi connectivity index (χ0) is 22.2. The maximum Gasteiger partial charge on any atom is 0.173 e. The minimum absolute atomic E-state index is 0.493. The second kappa shape index (κ2) is 11.6. The summed E-state index contributed by atoms with van der Waals surface area (Å²) in [5.74, 6) is 0.493. The zero-order valence-corrected chi connectivity index (χ0v) is 20.3. The molecule has 2 aromatic rings. The van der Waals surface area contributed by atoms with Gasteiger partial charge in [0.05, 0.1) is 13.2 Å². The van der Waals surface area contributed by atoms with E-state index >= 15 is 0 Å². The molecule has 168 valence electrons. The lowest BCUT2D eigenvalue weighted by molar-refractivity contribution is 0.0368. The Morgan fingerprint density at radius 2 is 1.87 bits per heavy atom. The Morgan fingerprint density at radius 1 is 1.13 bits per heavy atom. The topological polar surface area (TPSA) is 27.7 Å². The van der Waals surface area contributed by atoms with Gasteiger partial charge in [-0.2, -0.15) is 0 Å². The molecule has 0 saturated carbocycles. The van der Waals surface area contributed by atoms with Crippen molar-refractivity contribution in [3.8, 4) is 0 Å². The van der Waals surface area contributed by atoms with Gasteiger partial charge in [0.25, 0.3) is 0 Å². The summed E-state index contributed by atoms with van der Waals surface area (Å²) in [4.78, 5) is 4.80. The predicted octanol–water partition coefficient (Wildman–Crippen LogP) is 5.35.